The van der Waals surface area contributed by atoms with Crippen molar-refractivity contribution in [1.29, 1.82) is 0 Å². The molecule has 1 rings (SSSR count). The Labute approximate surface area is 123 Å². The predicted octanol–water partition coefficient (Wildman–Crippen LogP) is 0.000800. The first-order chi connectivity index (χ1) is 9.95. The molecular weight excluding hydrogens is 298 g/mol. The summed E-state index contributed by atoms with van der Waals surface area (Å²) in [4.78, 5) is 36.8. The van der Waals surface area contributed by atoms with Gasteiger partial charge in [-0.15, -0.1) is 11.3 Å². The van der Waals surface area contributed by atoms with E-state index >= 15 is 0 Å². The average molecular weight is 311 g/mol. The molecule has 0 bridgehead atoms. The highest BCUT2D eigenvalue weighted by Gasteiger charge is 2.26. The van der Waals surface area contributed by atoms with Crippen molar-refractivity contribution in [1.82, 2.24) is 5.32 Å². The number of carbonyl (C=O) groups excluding carboxylic acids is 2. The van der Waals surface area contributed by atoms with Crippen molar-refractivity contribution in [3.05, 3.63) is 27.9 Å². The van der Waals surface area contributed by atoms with E-state index in [0.29, 0.717) is 11.1 Å². The third kappa shape index (κ3) is 5.27. The maximum atomic E-state index is 11.8. The molecule has 1 aromatic heterocycles. The summed E-state index contributed by atoms with van der Waals surface area (Å²) in [6.45, 7) is 0. The van der Waals surface area contributed by atoms with Gasteiger partial charge in [-0.05, 0) is 17.9 Å². The van der Waals surface area contributed by atoms with Crippen molar-refractivity contribution in [2.45, 2.75) is 25.0 Å². The van der Waals surface area contributed by atoms with Gasteiger partial charge in [0.05, 0.1) is 0 Å². The third-order valence-corrected chi connectivity index (χ3v) is 3.48. The Kier molecular flexibility index (Phi) is 6.41. The van der Waals surface area contributed by atoms with Crippen molar-refractivity contribution in [3.8, 4) is 0 Å². The molecule has 1 heterocycles. The van der Waals surface area contributed by atoms with Crippen LogP contribution in [0.5, 0.6) is 0 Å². The summed E-state index contributed by atoms with van der Waals surface area (Å²) in [5.74, 6) is -2.75. The van der Waals surface area contributed by atoms with Crippen LogP contribution in [0, 0.1) is 0 Å². The number of ketones is 1. The molecule has 3 N–H and O–H groups in total. The molecule has 8 nitrogen and oxygen atoms in total. The van der Waals surface area contributed by atoms with E-state index in [4.69, 9.17) is 10.6 Å². The zero-order valence-corrected chi connectivity index (χ0v) is 11.6. The summed E-state index contributed by atoms with van der Waals surface area (Å²) in [6.07, 6.45) is -1.19. The Morgan fingerprint density at radius 1 is 1.48 bits per heavy atom. The summed E-state index contributed by atoms with van der Waals surface area (Å²) in [5.41, 5.74) is 8.17. The second-order valence-corrected chi connectivity index (χ2v) is 5.05. The fourth-order valence-electron chi connectivity index (χ4n) is 1.50. The van der Waals surface area contributed by atoms with Gasteiger partial charge in [0.15, 0.2) is 6.10 Å². The molecule has 0 fully saturated rings. The van der Waals surface area contributed by atoms with Crippen LogP contribution in [0.15, 0.2) is 17.5 Å². The van der Waals surface area contributed by atoms with Crippen molar-refractivity contribution in [2.24, 2.45) is 0 Å². The van der Waals surface area contributed by atoms with E-state index in [9.17, 15) is 19.5 Å². The number of thiophene rings is 1. The number of amides is 1. The fourth-order valence-corrected chi connectivity index (χ4v) is 2.21. The number of hydrogen-bond donors (Lipinski definition) is 3. The van der Waals surface area contributed by atoms with Gasteiger partial charge in [-0.25, -0.2) is 4.79 Å². The summed E-state index contributed by atoms with van der Waals surface area (Å²) in [5, 5.41) is 22.6. The smallest absolute Gasteiger partial charge is 0.326 e. The number of aliphatic hydroxyl groups is 1. The second kappa shape index (κ2) is 8.05. The lowest BCUT2D eigenvalue weighted by molar-refractivity contribution is -0.143. The molecular formula is C12H13N3O5S. The Hall–Kier alpha value is -2.35. The van der Waals surface area contributed by atoms with Crippen LogP contribution >= 0.6 is 11.3 Å². The summed E-state index contributed by atoms with van der Waals surface area (Å²) >= 11 is 1.16. The lowest BCUT2D eigenvalue weighted by atomic mass is 10.1. The van der Waals surface area contributed by atoms with Gasteiger partial charge < -0.3 is 21.1 Å². The molecule has 0 saturated carbocycles. The van der Waals surface area contributed by atoms with Crippen LogP contribution in [-0.2, 0) is 14.4 Å². The third-order valence-electron chi connectivity index (χ3n) is 2.56. The monoisotopic (exact) mass is 311 g/mol. The number of aliphatic hydroxyl groups excluding tert-OH is 1. The number of carboxylic acid groups (broad SMARTS) is 1. The number of nitrogens with zero attached hydrogens (tertiary/aromatic N) is 2. The normalized spacial score (nSPS) is 12.8. The second-order valence-electron chi connectivity index (χ2n) is 4.07. The maximum absolute atomic E-state index is 11.8. The van der Waals surface area contributed by atoms with Gasteiger partial charge in [0.25, 0.3) is 5.91 Å². The molecule has 0 aromatic carbocycles. The molecule has 21 heavy (non-hydrogen) atoms. The Bertz CT molecular complexity index is 565. The molecule has 0 aliphatic heterocycles. The molecule has 2 atom stereocenters. The van der Waals surface area contributed by atoms with Crippen LogP contribution in [0.1, 0.15) is 23.8 Å². The lowest BCUT2D eigenvalue weighted by Crippen LogP contribution is -2.43. The Balaban J connectivity index is 2.61. The quantitative estimate of drug-likeness (QED) is 0.352. The summed E-state index contributed by atoms with van der Waals surface area (Å²) < 4.78 is 0. The van der Waals surface area contributed by atoms with E-state index in [1.165, 1.54) is 0 Å². The molecule has 0 aliphatic carbocycles. The molecule has 0 radical (unpaired) electrons. The van der Waals surface area contributed by atoms with Crippen LogP contribution in [-0.4, -0.2) is 44.9 Å². The molecule has 112 valence electrons. The van der Waals surface area contributed by atoms with Crippen LogP contribution in [0.25, 0.3) is 5.53 Å². The lowest BCUT2D eigenvalue weighted by Gasteiger charge is -2.15. The van der Waals surface area contributed by atoms with Crippen molar-refractivity contribution < 1.29 is 29.4 Å². The number of rotatable bonds is 8. The first-order valence-corrected chi connectivity index (χ1v) is 6.78. The van der Waals surface area contributed by atoms with E-state index < -0.39 is 29.8 Å². The molecule has 9 heteroatoms. The SMILES string of the molecule is [N-]=[N+]=CC(=O)CC[C@H](NC(=O)[C@H](O)c1cccs1)C(=O)O. The highest BCUT2D eigenvalue weighted by atomic mass is 32.1. The van der Waals surface area contributed by atoms with E-state index in [-0.39, 0.29) is 12.8 Å². The molecule has 0 aliphatic rings. The minimum atomic E-state index is -1.46. The Morgan fingerprint density at radius 2 is 2.19 bits per heavy atom. The fraction of sp³-hybridized carbons (Fsp3) is 0.333. The van der Waals surface area contributed by atoms with Gasteiger partial charge in [-0.1, -0.05) is 6.07 Å². The van der Waals surface area contributed by atoms with E-state index in [1.807, 2.05) is 0 Å². The van der Waals surface area contributed by atoms with E-state index in [2.05, 4.69) is 10.1 Å². The summed E-state index contributed by atoms with van der Waals surface area (Å²) in [7, 11) is 0. The van der Waals surface area contributed by atoms with Gasteiger partial charge in [0, 0.05) is 11.3 Å². The van der Waals surface area contributed by atoms with Crippen molar-refractivity contribution >= 4 is 35.2 Å². The average Bonchev–Trinajstić information content (AvgIpc) is 2.96. The van der Waals surface area contributed by atoms with Crippen LogP contribution in [0.4, 0.5) is 0 Å². The summed E-state index contributed by atoms with van der Waals surface area (Å²) in [6, 6.07) is 1.88. The molecule has 1 amide bonds. The van der Waals surface area contributed by atoms with E-state index in [0.717, 1.165) is 11.3 Å². The number of aliphatic carboxylic acids is 1. The number of hydrogen-bond acceptors (Lipinski definition) is 5. The first-order valence-electron chi connectivity index (χ1n) is 5.90. The van der Waals surface area contributed by atoms with Gasteiger partial charge in [0.2, 0.25) is 5.78 Å². The van der Waals surface area contributed by atoms with Crippen LogP contribution in [0.2, 0.25) is 0 Å². The van der Waals surface area contributed by atoms with Gasteiger partial charge in [-0.2, -0.15) is 4.79 Å². The van der Waals surface area contributed by atoms with E-state index in [1.54, 1.807) is 17.5 Å². The molecule has 1 aromatic rings. The van der Waals surface area contributed by atoms with Gasteiger partial charge >= 0.3 is 12.2 Å². The molecule has 0 spiro atoms. The van der Waals surface area contributed by atoms with Crippen molar-refractivity contribution in [2.75, 3.05) is 0 Å². The largest absolute Gasteiger partial charge is 0.480 e. The number of Topliss-reactive ketones (excluding diaryl/α,β-unsaturated/α-hetero) is 1. The van der Waals surface area contributed by atoms with Gasteiger partial charge in [-0.3, -0.25) is 9.59 Å². The minimum Gasteiger partial charge on any atom is -0.480 e. The molecule has 0 unspecified atom stereocenters. The van der Waals surface area contributed by atoms with Crippen molar-refractivity contribution in [3.63, 3.8) is 0 Å². The zero-order valence-electron chi connectivity index (χ0n) is 10.8. The highest BCUT2D eigenvalue weighted by Crippen LogP contribution is 2.19. The number of carbonyl (C=O) groups is 3. The molecule has 0 saturated heterocycles. The Morgan fingerprint density at radius 3 is 2.71 bits per heavy atom. The number of nitrogens with one attached hydrogen (secondary N) is 1. The first kappa shape index (κ1) is 16.7. The minimum absolute atomic E-state index is 0.177. The standard InChI is InChI=1S/C12H13N3O5S/c13-14-6-7(16)3-4-8(12(19)20)15-11(18)10(17)9-2-1-5-21-9/h1-2,5-6,8,10,17H,3-4H2,(H,15,18)(H,19,20)/t8-,10+/m0/s1. The zero-order chi connectivity index (χ0) is 15.8. The number of carboxylic acids is 1. The topological polar surface area (TPSA) is 140 Å². The van der Waals surface area contributed by atoms with Crippen LogP contribution < -0.4 is 5.32 Å². The highest BCUT2D eigenvalue weighted by molar-refractivity contribution is 7.10. The maximum Gasteiger partial charge on any atom is 0.326 e. The van der Waals surface area contributed by atoms with Crippen LogP contribution in [0.3, 0.4) is 0 Å². The van der Waals surface area contributed by atoms with Gasteiger partial charge in [0.1, 0.15) is 6.04 Å². The predicted molar refractivity (Wildman–Crippen MR) is 72.8 cm³/mol.